The number of fused-ring (bicyclic) bond motifs is 1. The lowest BCUT2D eigenvalue weighted by Gasteiger charge is -2.17. The molecule has 0 spiro atoms. The summed E-state index contributed by atoms with van der Waals surface area (Å²) in [4.78, 5) is 24.9. The highest BCUT2D eigenvalue weighted by atomic mass is 32.2. The van der Waals surface area contributed by atoms with Gasteiger partial charge in [0.25, 0.3) is 0 Å². The quantitative estimate of drug-likeness (QED) is 0.798. The van der Waals surface area contributed by atoms with Crippen molar-refractivity contribution < 1.29 is 18.0 Å². The smallest absolute Gasteiger partial charge is 0.225 e. The van der Waals surface area contributed by atoms with Crippen LogP contribution in [0.25, 0.3) is 0 Å². The molecule has 26 heavy (non-hydrogen) atoms. The van der Waals surface area contributed by atoms with Gasteiger partial charge in [-0.15, -0.1) is 11.8 Å². The van der Waals surface area contributed by atoms with Crippen molar-refractivity contribution in [1.29, 1.82) is 0 Å². The summed E-state index contributed by atoms with van der Waals surface area (Å²) in [5, 5.41) is 4.87. The molecule has 1 fully saturated rings. The van der Waals surface area contributed by atoms with E-state index < -0.39 is 15.1 Å². The van der Waals surface area contributed by atoms with Crippen molar-refractivity contribution in [2.24, 2.45) is 0 Å². The highest BCUT2D eigenvalue weighted by molar-refractivity contribution is 7.99. The molecule has 142 valence electrons. The first-order chi connectivity index (χ1) is 12.4. The van der Waals surface area contributed by atoms with E-state index in [4.69, 9.17) is 0 Å². The number of sulfone groups is 1. The van der Waals surface area contributed by atoms with Gasteiger partial charge in [0.2, 0.25) is 11.8 Å². The van der Waals surface area contributed by atoms with E-state index in [2.05, 4.69) is 10.6 Å². The van der Waals surface area contributed by atoms with Crippen LogP contribution in [-0.2, 0) is 19.4 Å². The van der Waals surface area contributed by atoms with Gasteiger partial charge in [0, 0.05) is 29.5 Å². The summed E-state index contributed by atoms with van der Waals surface area (Å²) < 4.78 is 25.7. The van der Waals surface area contributed by atoms with Gasteiger partial charge in [-0.25, -0.2) is 8.42 Å². The average molecular weight is 397 g/mol. The van der Waals surface area contributed by atoms with E-state index in [1.54, 1.807) is 19.1 Å². The molecule has 2 amide bonds. The van der Waals surface area contributed by atoms with Gasteiger partial charge in [0.1, 0.15) is 0 Å². The van der Waals surface area contributed by atoms with Gasteiger partial charge in [-0.05, 0) is 38.0 Å². The van der Waals surface area contributed by atoms with Gasteiger partial charge in [0.05, 0.1) is 15.8 Å². The molecule has 0 unspecified atom stereocenters. The third kappa shape index (κ3) is 4.40. The molecule has 1 heterocycles. The molecule has 3 rings (SSSR count). The molecule has 0 radical (unpaired) electrons. The van der Waals surface area contributed by atoms with E-state index in [1.165, 1.54) is 17.8 Å². The summed E-state index contributed by atoms with van der Waals surface area (Å²) in [6.07, 6.45) is 4.50. The number of thioether (sulfide) groups is 1. The van der Waals surface area contributed by atoms with Crippen LogP contribution in [0.5, 0.6) is 0 Å². The second-order valence-electron chi connectivity index (χ2n) is 6.91. The van der Waals surface area contributed by atoms with Crippen LogP contribution in [0.3, 0.4) is 0 Å². The number of carbonyl (C=O) groups is 2. The van der Waals surface area contributed by atoms with Gasteiger partial charge in [0.15, 0.2) is 9.84 Å². The predicted octanol–water partition coefficient (Wildman–Crippen LogP) is 2.73. The van der Waals surface area contributed by atoms with Crippen molar-refractivity contribution in [3.05, 3.63) is 18.2 Å². The van der Waals surface area contributed by atoms with Crippen LogP contribution in [0.15, 0.2) is 28.0 Å². The molecule has 2 aliphatic rings. The summed E-state index contributed by atoms with van der Waals surface area (Å²) in [5.74, 6) is 0.337. The van der Waals surface area contributed by atoms with Crippen molar-refractivity contribution in [3.8, 4) is 0 Å². The molecule has 6 nitrogen and oxygen atoms in total. The Morgan fingerprint density at radius 3 is 2.81 bits per heavy atom. The van der Waals surface area contributed by atoms with Crippen molar-refractivity contribution in [2.75, 3.05) is 11.1 Å². The second kappa shape index (κ2) is 8.00. The summed E-state index contributed by atoms with van der Waals surface area (Å²) in [6, 6.07) is 4.97. The fourth-order valence-corrected chi connectivity index (χ4v) is 5.65. The van der Waals surface area contributed by atoms with Crippen LogP contribution in [0.2, 0.25) is 0 Å². The normalized spacial score (nSPS) is 19.3. The lowest BCUT2D eigenvalue weighted by atomic mass is 10.2. The Morgan fingerprint density at radius 1 is 1.35 bits per heavy atom. The van der Waals surface area contributed by atoms with Crippen LogP contribution in [0.4, 0.5) is 5.69 Å². The zero-order chi connectivity index (χ0) is 18.7. The maximum Gasteiger partial charge on any atom is 0.225 e. The Labute approximate surface area is 158 Å². The minimum atomic E-state index is -3.65. The third-order valence-electron chi connectivity index (χ3n) is 4.86. The first kappa shape index (κ1) is 19.2. The zero-order valence-corrected chi connectivity index (χ0v) is 16.4. The minimum absolute atomic E-state index is 0.0585. The molecule has 1 aromatic rings. The highest BCUT2D eigenvalue weighted by Crippen LogP contribution is 2.33. The summed E-state index contributed by atoms with van der Waals surface area (Å²) in [6.45, 7) is 1.56. The number of amides is 2. The Bertz CT molecular complexity index is 801. The fourth-order valence-electron chi connectivity index (χ4n) is 3.34. The van der Waals surface area contributed by atoms with E-state index in [0.29, 0.717) is 17.9 Å². The number of benzene rings is 1. The van der Waals surface area contributed by atoms with Crippen LogP contribution >= 0.6 is 11.8 Å². The van der Waals surface area contributed by atoms with Crippen molar-refractivity contribution in [2.45, 2.75) is 66.5 Å². The molecule has 1 aliphatic heterocycles. The van der Waals surface area contributed by atoms with Gasteiger partial charge >= 0.3 is 0 Å². The highest BCUT2D eigenvalue weighted by Gasteiger charge is 2.28. The molecule has 1 aromatic carbocycles. The Kier molecular flexibility index (Phi) is 5.92. The molecule has 1 saturated carbocycles. The average Bonchev–Trinajstić information content (AvgIpc) is 3.01. The van der Waals surface area contributed by atoms with E-state index in [0.717, 1.165) is 30.6 Å². The number of rotatable bonds is 5. The van der Waals surface area contributed by atoms with Crippen LogP contribution in [0.1, 0.15) is 45.4 Å². The maximum atomic E-state index is 12.9. The molecule has 0 saturated heterocycles. The van der Waals surface area contributed by atoms with Crippen molar-refractivity contribution >= 4 is 39.1 Å². The molecule has 8 heteroatoms. The number of hydrogen-bond donors (Lipinski definition) is 2. The first-order valence-electron chi connectivity index (χ1n) is 8.96. The van der Waals surface area contributed by atoms with Gasteiger partial charge in [-0.3, -0.25) is 9.59 Å². The Balaban J connectivity index is 1.72. The van der Waals surface area contributed by atoms with E-state index in [9.17, 15) is 18.0 Å². The van der Waals surface area contributed by atoms with Gasteiger partial charge in [-0.2, -0.15) is 0 Å². The largest absolute Gasteiger partial charge is 0.353 e. The van der Waals surface area contributed by atoms with Crippen molar-refractivity contribution in [3.63, 3.8) is 0 Å². The molecule has 1 aliphatic carbocycles. The Hall–Kier alpha value is -1.54. The third-order valence-corrected chi connectivity index (χ3v) is 8.08. The monoisotopic (exact) mass is 396 g/mol. The van der Waals surface area contributed by atoms with Gasteiger partial charge < -0.3 is 10.6 Å². The molecular formula is C18H24N2O4S2. The Morgan fingerprint density at radius 2 is 2.08 bits per heavy atom. The van der Waals surface area contributed by atoms with E-state index >= 15 is 0 Å². The maximum absolute atomic E-state index is 12.9. The second-order valence-corrected chi connectivity index (χ2v) is 10.4. The number of hydrogen-bond acceptors (Lipinski definition) is 5. The lowest BCUT2D eigenvalue weighted by molar-refractivity contribution is -0.121. The van der Waals surface area contributed by atoms with Gasteiger partial charge in [-0.1, -0.05) is 12.8 Å². The van der Waals surface area contributed by atoms with Crippen molar-refractivity contribution in [1.82, 2.24) is 5.32 Å². The minimum Gasteiger partial charge on any atom is -0.353 e. The lowest BCUT2D eigenvalue weighted by Crippen LogP contribution is -2.35. The SMILES string of the molecule is C[C@H](CC(=O)NC1CCCC1)S(=O)(=O)c1ccc2c(c1)NC(=O)CCS2. The number of nitrogens with one attached hydrogen (secondary N) is 2. The molecule has 0 bridgehead atoms. The van der Waals surface area contributed by atoms with Crippen LogP contribution < -0.4 is 10.6 Å². The first-order valence-corrected chi connectivity index (χ1v) is 11.5. The summed E-state index contributed by atoms with van der Waals surface area (Å²) >= 11 is 1.53. The van der Waals surface area contributed by atoms with Crippen LogP contribution in [-0.4, -0.2) is 37.3 Å². The standard InChI is InChI=1S/C18H24N2O4S2/c1-12(10-18(22)19-13-4-2-3-5-13)26(23,24)14-6-7-16-15(11-14)20-17(21)8-9-25-16/h6-7,11-13H,2-5,8-10H2,1H3,(H,19,22)(H,20,21)/t12-/m1/s1. The molecule has 1 atom stereocenters. The molecular weight excluding hydrogens is 372 g/mol. The number of carbonyl (C=O) groups excluding carboxylic acids is 2. The molecule has 0 aromatic heterocycles. The van der Waals surface area contributed by atoms with E-state index in [1.807, 2.05) is 0 Å². The fraction of sp³-hybridized carbons (Fsp3) is 0.556. The van der Waals surface area contributed by atoms with E-state index in [-0.39, 0.29) is 29.2 Å². The van der Waals surface area contributed by atoms with Crippen LogP contribution in [0, 0.1) is 0 Å². The summed E-state index contributed by atoms with van der Waals surface area (Å²) in [5.41, 5.74) is 0.529. The predicted molar refractivity (Wildman–Crippen MR) is 102 cm³/mol. The molecule has 2 N–H and O–H groups in total. The topological polar surface area (TPSA) is 92.3 Å². The summed E-state index contributed by atoms with van der Waals surface area (Å²) in [7, 11) is -3.65. The zero-order valence-electron chi connectivity index (χ0n) is 14.8. The number of anilines is 1.